The van der Waals surface area contributed by atoms with Crippen molar-refractivity contribution in [3.8, 4) is 11.8 Å². The van der Waals surface area contributed by atoms with Crippen LogP contribution >= 0.6 is 0 Å². The van der Waals surface area contributed by atoms with Gasteiger partial charge in [-0.15, -0.1) is 5.10 Å². The SMILES string of the molecule is CS(=O)(=O)N1CCC(c2cn(-c3cccc(C#N)c3)nn2)CC1. The van der Waals surface area contributed by atoms with E-state index < -0.39 is 10.0 Å². The lowest BCUT2D eigenvalue weighted by molar-refractivity contribution is 0.318. The molecule has 0 radical (unpaired) electrons. The molecule has 0 amide bonds. The standard InChI is InChI=1S/C15H17N5O2S/c1-23(21,22)19-7-5-13(6-8-19)15-11-20(18-17-15)14-4-2-3-12(9-14)10-16/h2-4,9,11,13H,5-8H2,1H3. The molecule has 0 N–H and O–H groups in total. The van der Waals surface area contributed by atoms with E-state index in [1.54, 1.807) is 22.9 Å². The molecule has 1 aromatic carbocycles. The molecule has 0 spiro atoms. The second-order valence-electron chi connectivity index (χ2n) is 5.69. The van der Waals surface area contributed by atoms with Crippen LogP contribution in [0.4, 0.5) is 0 Å². The Labute approximate surface area is 135 Å². The van der Waals surface area contributed by atoms with Crippen LogP contribution in [0.2, 0.25) is 0 Å². The fourth-order valence-electron chi connectivity index (χ4n) is 2.79. The quantitative estimate of drug-likeness (QED) is 0.845. The van der Waals surface area contributed by atoms with Crippen LogP contribution < -0.4 is 0 Å². The van der Waals surface area contributed by atoms with Crippen molar-refractivity contribution in [3.63, 3.8) is 0 Å². The van der Waals surface area contributed by atoms with Crippen molar-refractivity contribution in [1.82, 2.24) is 19.3 Å². The largest absolute Gasteiger partial charge is 0.220 e. The molecule has 8 heteroatoms. The summed E-state index contributed by atoms with van der Waals surface area (Å²) in [5.74, 6) is 0.209. The molecule has 7 nitrogen and oxygen atoms in total. The molecule has 120 valence electrons. The Hall–Kier alpha value is -2.24. The number of aromatic nitrogens is 3. The Morgan fingerprint density at radius 1 is 1.30 bits per heavy atom. The third-order valence-corrected chi connectivity index (χ3v) is 5.40. The van der Waals surface area contributed by atoms with Gasteiger partial charge in [-0.1, -0.05) is 11.3 Å². The van der Waals surface area contributed by atoms with Crippen LogP contribution in [0.15, 0.2) is 30.5 Å². The van der Waals surface area contributed by atoms with Gasteiger partial charge in [0, 0.05) is 19.0 Å². The van der Waals surface area contributed by atoms with Gasteiger partial charge in [0.1, 0.15) is 0 Å². The monoisotopic (exact) mass is 331 g/mol. The molecule has 0 bridgehead atoms. The van der Waals surface area contributed by atoms with Crippen molar-refractivity contribution in [2.24, 2.45) is 0 Å². The van der Waals surface area contributed by atoms with Gasteiger partial charge in [-0.25, -0.2) is 17.4 Å². The minimum Gasteiger partial charge on any atom is -0.220 e. The van der Waals surface area contributed by atoms with Crippen molar-refractivity contribution in [1.29, 1.82) is 5.26 Å². The Morgan fingerprint density at radius 2 is 2.04 bits per heavy atom. The highest BCUT2D eigenvalue weighted by Gasteiger charge is 2.27. The number of benzene rings is 1. The fourth-order valence-corrected chi connectivity index (χ4v) is 3.67. The first-order valence-electron chi connectivity index (χ1n) is 7.35. The van der Waals surface area contributed by atoms with Crippen molar-refractivity contribution >= 4 is 10.0 Å². The van der Waals surface area contributed by atoms with Crippen molar-refractivity contribution < 1.29 is 8.42 Å². The van der Waals surface area contributed by atoms with E-state index in [4.69, 9.17) is 5.26 Å². The molecule has 0 aliphatic carbocycles. The lowest BCUT2D eigenvalue weighted by Gasteiger charge is -2.28. The Kier molecular flexibility index (Phi) is 4.15. The average molecular weight is 331 g/mol. The minimum atomic E-state index is -3.12. The molecule has 0 saturated carbocycles. The fraction of sp³-hybridized carbons (Fsp3) is 0.400. The summed E-state index contributed by atoms with van der Waals surface area (Å²) >= 11 is 0. The summed E-state index contributed by atoms with van der Waals surface area (Å²) in [6.45, 7) is 1.03. The van der Waals surface area contributed by atoms with E-state index in [1.807, 2.05) is 12.3 Å². The van der Waals surface area contributed by atoms with Crippen LogP contribution in [-0.2, 0) is 10.0 Å². The van der Waals surface area contributed by atoms with E-state index >= 15 is 0 Å². The second kappa shape index (κ2) is 6.10. The number of hydrogen-bond donors (Lipinski definition) is 0. The topological polar surface area (TPSA) is 91.9 Å². The van der Waals surface area contributed by atoms with Gasteiger partial charge >= 0.3 is 0 Å². The maximum Gasteiger partial charge on any atom is 0.211 e. The maximum atomic E-state index is 11.5. The van der Waals surface area contributed by atoms with Crippen LogP contribution in [0, 0.1) is 11.3 Å². The summed E-state index contributed by atoms with van der Waals surface area (Å²) in [5, 5.41) is 17.3. The summed E-state index contributed by atoms with van der Waals surface area (Å²) in [5.41, 5.74) is 2.22. The van der Waals surface area contributed by atoms with E-state index in [1.165, 1.54) is 10.6 Å². The zero-order chi connectivity index (χ0) is 16.4. The summed E-state index contributed by atoms with van der Waals surface area (Å²) < 4.78 is 26.2. The molecule has 2 heterocycles. The van der Waals surface area contributed by atoms with Gasteiger partial charge in [0.2, 0.25) is 10.0 Å². The first-order chi connectivity index (χ1) is 11.0. The predicted octanol–water partition coefficient (Wildman–Crippen LogP) is 1.28. The second-order valence-corrected chi connectivity index (χ2v) is 7.67. The predicted molar refractivity (Wildman–Crippen MR) is 84.5 cm³/mol. The van der Waals surface area contributed by atoms with E-state index in [2.05, 4.69) is 16.4 Å². The number of piperidine rings is 1. The minimum absolute atomic E-state index is 0.209. The Morgan fingerprint density at radius 3 is 2.70 bits per heavy atom. The average Bonchev–Trinajstić information content (AvgIpc) is 3.04. The number of nitrogens with zero attached hydrogens (tertiary/aromatic N) is 5. The molecule has 1 fully saturated rings. The normalized spacial score (nSPS) is 17.0. The smallest absolute Gasteiger partial charge is 0.211 e. The van der Waals surface area contributed by atoms with E-state index in [0.29, 0.717) is 18.7 Å². The first-order valence-corrected chi connectivity index (χ1v) is 9.20. The van der Waals surface area contributed by atoms with Crippen molar-refractivity contribution in [2.45, 2.75) is 18.8 Å². The molecule has 1 aliphatic heterocycles. The van der Waals surface area contributed by atoms with Gasteiger partial charge in [-0.05, 0) is 31.0 Å². The van der Waals surface area contributed by atoms with Crippen molar-refractivity contribution in [2.75, 3.05) is 19.3 Å². The number of hydrogen-bond acceptors (Lipinski definition) is 5. The van der Waals surface area contributed by atoms with Gasteiger partial charge in [0.15, 0.2) is 0 Å². The van der Waals surface area contributed by atoms with E-state index in [0.717, 1.165) is 24.2 Å². The Bertz CT molecular complexity index is 845. The molecule has 2 aromatic rings. The van der Waals surface area contributed by atoms with E-state index in [-0.39, 0.29) is 5.92 Å². The molecule has 3 rings (SSSR count). The first kappa shape index (κ1) is 15.6. The molecule has 0 unspecified atom stereocenters. The lowest BCUT2D eigenvalue weighted by atomic mass is 9.95. The van der Waals surface area contributed by atoms with Crippen LogP contribution in [0.3, 0.4) is 0 Å². The van der Waals surface area contributed by atoms with E-state index in [9.17, 15) is 8.42 Å². The van der Waals surface area contributed by atoms with Crippen LogP contribution in [0.5, 0.6) is 0 Å². The summed E-state index contributed by atoms with van der Waals surface area (Å²) in [6.07, 6.45) is 4.58. The van der Waals surface area contributed by atoms with Gasteiger partial charge in [0.25, 0.3) is 0 Å². The Balaban J connectivity index is 1.74. The van der Waals surface area contributed by atoms with Crippen LogP contribution in [0.25, 0.3) is 5.69 Å². The van der Waals surface area contributed by atoms with Gasteiger partial charge in [-0.3, -0.25) is 0 Å². The molecule has 1 saturated heterocycles. The highest BCUT2D eigenvalue weighted by molar-refractivity contribution is 7.88. The number of rotatable bonds is 3. The molecule has 0 atom stereocenters. The third kappa shape index (κ3) is 3.41. The molecule has 23 heavy (non-hydrogen) atoms. The molecular formula is C15H17N5O2S. The van der Waals surface area contributed by atoms with Crippen LogP contribution in [-0.4, -0.2) is 47.1 Å². The molecule has 1 aromatic heterocycles. The maximum absolute atomic E-state index is 11.5. The summed E-state index contributed by atoms with van der Waals surface area (Å²) in [7, 11) is -3.12. The van der Waals surface area contributed by atoms with Crippen molar-refractivity contribution in [3.05, 3.63) is 41.7 Å². The summed E-state index contributed by atoms with van der Waals surface area (Å²) in [4.78, 5) is 0. The highest BCUT2D eigenvalue weighted by atomic mass is 32.2. The zero-order valence-electron chi connectivity index (χ0n) is 12.8. The molecule has 1 aliphatic rings. The number of nitriles is 1. The molecular weight excluding hydrogens is 314 g/mol. The van der Waals surface area contributed by atoms with Gasteiger partial charge < -0.3 is 0 Å². The third-order valence-electron chi connectivity index (χ3n) is 4.09. The number of sulfonamides is 1. The summed E-state index contributed by atoms with van der Waals surface area (Å²) in [6, 6.07) is 9.27. The van der Waals surface area contributed by atoms with Crippen LogP contribution in [0.1, 0.15) is 30.0 Å². The van der Waals surface area contributed by atoms with Gasteiger partial charge in [0.05, 0.1) is 35.5 Å². The zero-order valence-corrected chi connectivity index (χ0v) is 13.6. The highest BCUT2D eigenvalue weighted by Crippen LogP contribution is 2.27. The lowest BCUT2D eigenvalue weighted by Crippen LogP contribution is -2.37. The van der Waals surface area contributed by atoms with Gasteiger partial charge in [-0.2, -0.15) is 5.26 Å².